The van der Waals surface area contributed by atoms with Gasteiger partial charge in [-0.1, -0.05) is 17.7 Å². The van der Waals surface area contributed by atoms with Gasteiger partial charge in [-0.25, -0.2) is 9.69 Å². The van der Waals surface area contributed by atoms with E-state index in [9.17, 15) is 9.59 Å². The molecule has 0 N–H and O–H groups in total. The second kappa shape index (κ2) is 5.68. The lowest BCUT2D eigenvalue weighted by molar-refractivity contribution is -0.128. The van der Waals surface area contributed by atoms with Crippen LogP contribution in [0.4, 0.5) is 4.79 Å². The van der Waals surface area contributed by atoms with Gasteiger partial charge in [-0.3, -0.25) is 4.79 Å². The largest absolute Gasteiger partial charge is 0.443 e. The number of hydrogen-bond donors (Lipinski definition) is 0. The molecule has 0 radical (unpaired) electrons. The summed E-state index contributed by atoms with van der Waals surface area (Å²) in [5.74, 6) is -0.191. The molecule has 1 unspecified atom stereocenters. The molecule has 0 saturated carbocycles. The Balaban J connectivity index is 2.30. The maximum atomic E-state index is 12.3. The zero-order valence-electron chi connectivity index (χ0n) is 12.8. The summed E-state index contributed by atoms with van der Waals surface area (Å²) in [4.78, 5) is 25.6. The molecule has 114 valence electrons. The number of hydrogen-bond acceptors (Lipinski definition) is 3. The zero-order chi connectivity index (χ0) is 15.8. The number of carbonyl (C=O) groups is 2. The topological polar surface area (TPSA) is 46.6 Å². The second-order valence-electron chi connectivity index (χ2n) is 6.30. The van der Waals surface area contributed by atoms with Crippen LogP contribution in [0.1, 0.15) is 50.8 Å². The van der Waals surface area contributed by atoms with Crippen molar-refractivity contribution in [3.05, 3.63) is 34.3 Å². The summed E-state index contributed by atoms with van der Waals surface area (Å²) in [6.45, 7) is 7.28. The molecule has 0 aliphatic carbocycles. The van der Waals surface area contributed by atoms with E-state index in [1.165, 1.54) is 4.90 Å². The van der Waals surface area contributed by atoms with Crippen molar-refractivity contribution in [2.75, 3.05) is 0 Å². The van der Waals surface area contributed by atoms with E-state index in [0.29, 0.717) is 17.9 Å². The molecule has 4 nitrogen and oxygen atoms in total. The summed E-state index contributed by atoms with van der Waals surface area (Å²) >= 11 is 5.97. The first-order valence-corrected chi connectivity index (χ1v) is 7.38. The number of rotatable bonds is 1. The van der Waals surface area contributed by atoms with E-state index >= 15 is 0 Å². The standard InChI is InChI=1S/C16H20ClNO3/c1-10-9-11(17)5-6-12(10)13-7-8-14(19)18(13)15(20)21-16(2,3)4/h5-6,9,13H,7-8H2,1-4H3. The average molecular weight is 310 g/mol. The van der Waals surface area contributed by atoms with Gasteiger partial charge >= 0.3 is 6.09 Å². The quantitative estimate of drug-likeness (QED) is 0.779. The van der Waals surface area contributed by atoms with Crippen LogP contribution < -0.4 is 0 Å². The fraction of sp³-hybridized carbons (Fsp3) is 0.500. The minimum Gasteiger partial charge on any atom is -0.443 e. The third kappa shape index (κ3) is 3.56. The van der Waals surface area contributed by atoms with Crippen LogP contribution in [-0.4, -0.2) is 22.5 Å². The van der Waals surface area contributed by atoms with Gasteiger partial charge in [0.25, 0.3) is 0 Å². The molecule has 0 bridgehead atoms. The molecular formula is C16H20ClNO3. The Bertz CT molecular complexity index is 577. The van der Waals surface area contributed by atoms with Crippen LogP contribution in [0.15, 0.2) is 18.2 Å². The van der Waals surface area contributed by atoms with Crippen molar-refractivity contribution in [3.8, 4) is 0 Å². The lowest BCUT2D eigenvalue weighted by Gasteiger charge is -2.28. The Labute approximate surface area is 130 Å². The number of nitrogens with zero attached hydrogens (tertiary/aromatic N) is 1. The molecule has 21 heavy (non-hydrogen) atoms. The summed E-state index contributed by atoms with van der Waals surface area (Å²) in [5.41, 5.74) is 1.28. The molecule has 2 amide bonds. The van der Waals surface area contributed by atoms with E-state index in [2.05, 4.69) is 0 Å². The van der Waals surface area contributed by atoms with Crippen molar-refractivity contribution < 1.29 is 14.3 Å². The molecule has 1 fully saturated rings. The minimum atomic E-state index is -0.625. The van der Waals surface area contributed by atoms with Crippen LogP contribution >= 0.6 is 11.6 Å². The highest BCUT2D eigenvalue weighted by atomic mass is 35.5. The number of ether oxygens (including phenoxy) is 1. The van der Waals surface area contributed by atoms with Crippen LogP contribution in [0.2, 0.25) is 5.02 Å². The molecule has 0 spiro atoms. The van der Waals surface area contributed by atoms with Gasteiger partial charge in [0.1, 0.15) is 5.60 Å². The number of carbonyl (C=O) groups excluding carboxylic acids is 2. The van der Waals surface area contributed by atoms with Gasteiger partial charge < -0.3 is 4.74 Å². The number of halogens is 1. The van der Waals surface area contributed by atoms with E-state index in [4.69, 9.17) is 16.3 Å². The van der Waals surface area contributed by atoms with Crippen LogP contribution in [-0.2, 0) is 9.53 Å². The third-order valence-electron chi connectivity index (χ3n) is 3.39. The summed E-state index contributed by atoms with van der Waals surface area (Å²) < 4.78 is 5.35. The molecule has 1 saturated heterocycles. The van der Waals surface area contributed by atoms with Gasteiger partial charge in [0.2, 0.25) is 5.91 Å². The highest BCUT2D eigenvalue weighted by molar-refractivity contribution is 6.30. The van der Waals surface area contributed by atoms with Gasteiger partial charge in [-0.2, -0.15) is 0 Å². The van der Waals surface area contributed by atoms with Gasteiger partial charge in [0.15, 0.2) is 0 Å². The predicted octanol–water partition coefficient (Wildman–Crippen LogP) is 4.25. The monoisotopic (exact) mass is 309 g/mol. The smallest absolute Gasteiger partial charge is 0.417 e. The molecule has 5 heteroatoms. The Morgan fingerprint density at radius 2 is 2.05 bits per heavy atom. The normalized spacial score (nSPS) is 19.0. The van der Waals surface area contributed by atoms with E-state index < -0.39 is 11.7 Å². The van der Waals surface area contributed by atoms with E-state index in [-0.39, 0.29) is 11.9 Å². The van der Waals surface area contributed by atoms with Crippen LogP contribution in [0, 0.1) is 6.92 Å². The number of amides is 2. The third-order valence-corrected chi connectivity index (χ3v) is 3.63. The average Bonchev–Trinajstić information content (AvgIpc) is 2.68. The van der Waals surface area contributed by atoms with E-state index in [1.807, 2.05) is 19.1 Å². The van der Waals surface area contributed by atoms with Gasteiger partial charge in [-0.15, -0.1) is 0 Å². The van der Waals surface area contributed by atoms with Crippen molar-refractivity contribution in [3.63, 3.8) is 0 Å². The Kier molecular flexibility index (Phi) is 4.28. The number of aryl methyl sites for hydroxylation is 1. The van der Waals surface area contributed by atoms with Crippen molar-refractivity contribution in [1.29, 1.82) is 0 Å². The van der Waals surface area contributed by atoms with Crippen molar-refractivity contribution in [2.24, 2.45) is 0 Å². The lowest BCUT2D eigenvalue weighted by atomic mass is 9.99. The molecule has 1 aliphatic heterocycles. The molecule has 1 atom stereocenters. The Morgan fingerprint density at radius 3 is 2.62 bits per heavy atom. The maximum absolute atomic E-state index is 12.3. The first-order valence-electron chi connectivity index (χ1n) is 7.00. The Morgan fingerprint density at radius 1 is 1.38 bits per heavy atom. The molecule has 1 aromatic carbocycles. The number of imide groups is 1. The highest BCUT2D eigenvalue weighted by Gasteiger charge is 2.39. The van der Waals surface area contributed by atoms with Gasteiger partial charge in [0, 0.05) is 11.4 Å². The van der Waals surface area contributed by atoms with Crippen LogP contribution in [0.5, 0.6) is 0 Å². The summed E-state index contributed by atoms with van der Waals surface area (Å²) in [6, 6.07) is 5.22. The van der Waals surface area contributed by atoms with Crippen molar-refractivity contribution in [1.82, 2.24) is 4.90 Å². The molecular weight excluding hydrogens is 290 g/mol. The van der Waals surface area contributed by atoms with E-state index in [1.54, 1.807) is 26.8 Å². The SMILES string of the molecule is Cc1cc(Cl)ccc1C1CCC(=O)N1C(=O)OC(C)(C)C. The van der Waals surface area contributed by atoms with Gasteiger partial charge in [0.05, 0.1) is 6.04 Å². The first kappa shape index (κ1) is 15.8. The van der Waals surface area contributed by atoms with E-state index in [0.717, 1.165) is 11.1 Å². The van der Waals surface area contributed by atoms with Crippen molar-refractivity contribution in [2.45, 2.75) is 52.2 Å². The second-order valence-corrected chi connectivity index (χ2v) is 6.74. The predicted molar refractivity (Wildman–Crippen MR) is 81.2 cm³/mol. The lowest BCUT2D eigenvalue weighted by Crippen LogP contribution is -2.39. The molecule has 2 rings (SSSR count). The highest BCUT2D eigenvalue weighted by Crippen LogP contribution is 2.36. The fourth-order valence-corrected chi connectivity index (χ4v) is 2.76. The first-order chi connectivity index (χ1) is 9.69. The molecule has 1 aromatic rings. The maximum Gasteiger partial charge on any atom is 0.417 e. The molecule has 1 heterocycles. The summed E-state index contributed by atoms with van der Waals surface area (Å²) in [6.07, 6.45) is 0.386. The zero-order valence-corrected chi connectivity index (χ0v) is 13.5. The minimum absolute atomic E-state index is 0.191. The van der Waals surface area contributed by atoms with Gasteiger partial charge in [-0.05, 0) is 57.4 Å². The number of likely N-dealkylation sites (tertiary alicyclic amines) is 1. The van der Waals surface area contributed by atoms with Crippen LogP contribution in [0.3, 0.4) is 0 Å². The molecule has 0 aromatic heterocycles. The van der Waals surface area contributed by atoms with Crippen molar-refractivity contribution >= 4 is 23.6 Å². The summed E-state index contributed by atoms with van der Waals surface area (Å²) in [7, 11) is 0. The fourth-order valence-electron chi connectivity index (χ4n) is 2.53. The number of benzene rings is 1. The summed E-state index contributed by atoms with van der Waals surface area (Å²) in [5, 5.41) is 0.643. The molecule has 1 aliphatic rings. The van der Waals surface area contributed by atoms with Crippen LogP contribution in [0.25, 0.3) is 0 Å². The Hall–Kier alpha value is -1.55.